The molecular weight excluding hydrogens is 210 g/mol. The van der Waals surface area contributed by atoms with Gasteiger partial charge in [0.2, 0.25) is 0 Å². The summed E-state index contributed by atoms with van der Waals surface area (Å²) in [4.78, 5) is 4.53. The van der Waals surface area contributed by atoms with Crippen molar-refractivity contribution >= 4 is 5.69 Å². The average molecular weight is 231 g/mol. The summed E-state index contributed by atoms with van der Waals surface area (Å²) >= 11 is 0. The minimum absolute atomic E-state index is 0.698. The standard InChI is InChI=1S/C14H21N3/c1-11-8-12(2)14(13(3)9-11)17-7-6-16(10-17)5-4-15/h6-9H,4-5,10,15H2,1-3H3. The number of anilines is 1. The summed E-state index contributed by atoms with van der Waals surface area (Å²) < 4.78 is 0. The lowest BCUT2D eigenvalue weighted by Crippen LogP contribution is -2.29. The number of rotatable bonds is 3. The molecule has 0 spiro atoms. The van der Waals surface area contributed by atoms with E-state index < -0.39 is 0 Å². The first-order valence-corrected chi connectivity index (χ1v) is 6.08. The molecule has 1 aromatic carbocycles. The van der Waals surface area contributed by atoms with Gasteiger partial charge in [0, 0.05) is 31.2 Å². The summed E-state index contributed by atoms with van der Waals surface area (Å²) in [6, 6.07) is 4.48. The van der Waals surface area contributed by atoms with E-state index in [9.17, 15) is 0 Å². The molecule has 0 atom stereocenters. The van der Waals surface area contributed by atoms with Crippen LogP contribution in [0.5, 0.6) is 0 Å². The van der Waals surface area contributed by atoms with Crippen LogP contribution in [0.4, 0.5) is 5.69 Å². The lowest BCUT2D eigenvalue weighted by Gasteiger charge is -2.24. The van der Waals surface area contributed by atoms with Crippen molar-refractivity contribution in [2.24, 2.45) is 5.73 Å². The molecule has 0 fully saturated rings. The molecular formula is C14H21N3. The number of hydrogen-bond donors (Lipinski definition) is 1. The van der Waals surface area contributed by atoms with Crippen molar-refractivity contribution < 1.29 is 0 Å². The Balaban J connectivity index is 2.22. The maximum atomic E-state index is 5.58. The smallest absolute Gasteiger partial charge is 0.0942 e. The highest BCUT2D eigenvalue weighted by Gasteiger charge is 2.16. The molecule has 92 valence electrons. The quantitative estimate of drug-likeness (QED) is 0.865. The van der Waals surface area contributed by atoms with E-state index in [1.807, 2.05) is 0 Å². The Kier molecular flexibility index (Phi) is 3.38. The lowest BCUT2D eigenvalue weighted by molar-refractivity contribution is 0.416. The van der Waals surface area contributed by atoms with E-state index in [4.69, 9.17) is 5.73 Å². The Morgan fingerprint density at radius 3 is 2.35 bits per heavy atom. The predicted molar refractivity (Wildman–Crippen MR) is 72.9 cm³/mol. The fourth-order valence-corrected chi connectivity index (χ4v) is 2.55. The van der Waals surface area contributed by atoms with Gasteiger partial charge in [-0.05, 0) is 31.9 Å². The molecule has 0 saturated carbocycles. The third-order valence-corrected chi connectivity index (χ3v) is 3.13. The highest BCUT2D eigenvalue weighted by molar-refractivity contribution is 5.62. The van der Waals surface area contributed by atoms with Gasteiger partial charge in [-0.3, -0.25) is 0 Å². The molecule has 0 unspecified atom stereocenters. The van der Waals surface area contributed by atoms with Crippen LogP contribution in [0.25, 0.3) is 0 Å². The molecule has 0 radical (unpaired) electrons. The normalized spacial score (nSPS) is 14.8. The fraction of sp³-hybridized carbons (Fsp3) is 0.429. The van der Waals surface area contributed by atoms with Gasteiger partial charge in [0.1, 0.15) is 0 Å². The van der Waals surface area contributed by atoms with Crippen molar-refractivity contribution in [1.29, 1.82) is 0 Å². The number of benzene rings is 1. The SMILES string of the molecule is Cc1cc(C)c(N2C=CN(CCN)C2)c(C)c1. The second-order valence-corrected chi connectivity index (χ2v) is 4.76. The molecule has 0 bridgehead atoms. The van der Waals surface area contributed by atoms with Crippen LogP contribution in [-0.2, 0) is 0 Å². The Hall–Kier alpha value is -1.48. The highest BCUT2D eigenvalue weighted by atomic mass is 15.3. The summed E-state index contributed by atoms with van der Waals surface area (Å²) in [5.74, 6) is 0. The molecule has 3 nitrogen and oxygen atoms in total. The lowest BCUT2D eigenvalue weighted by atomic mass is 10.0. The largest absolute Gasteiger partial charge is 0.357 e. The Morgan fingerprint density at radius 1 is 1.12 bits per heavy atom. The Labute approximate surface area is 104 Å². The zero-order valence-corrected chi connectivity index (χ0v) is 10.9. The van der Waals surface area contributed by atoms with Crippen LogP contribution in [0.15, 0.2) is 24.5 Å². The maximum Gasteiger partial charge on any atom is 0.0942 e. The van der Waals surface area contributed by atoms with Crippen molar-refractivity contribution in [1.82, 2.24) is 4.90 Å². The Morgan fingerprint density at radius 2 is 1.76 bits per heavy atom. The molecule has 3 heteroatoms. The van der Waals surface area contributed by atoms with Gasteiger partial charge in [-0.15, -0.1) is 0 Å². The van der Waals surface area contributed by atoms with Crippen LogP contribution in [0.1, 0.15) is 16.7 Å². The molecule has 1 heterocycles. The molecule has 0 aromatic heterocycles. The molecule has 0 amide bonds. The van der Waals surface area contributed by atoms with Crippen molar-refractivity contribution in [3.8, 4) is 0 Å². The average Bonchev–Trinajstić information content (AvgIpc) is 2.65. The van der Waals surface area contributed by atoms with Gasteiger partial charge < -0.3 is 15.5 Å². The zero-order chi connectivity index (χ0) is 12.4. The molecule has 0 aliphatic carbocycles. The van der Waals surface area contributed by atoms with Crippen molar-refractivity contribution in [3.63, 3.8) is 0 Å². The van der Waals surface area contributed by atoms with Crippen molar-refractivity contribution in [2.75, 3.05) is 24.7 Å². The summed E-state index contributed by atoms with van der Waals surface area (Å²) in [5, 5.41) is 0. The van der Waals surface area contributed by atoms with Crippen LogP contribution in [0.3, 0.4) is 0 Å². The summed E-state index contributed by atoms with van der Waals surface area (Å²) in [7, 11) is 0. The fourth-order valence-electron chi connectivity index (χ4n) is 2.55. The van der Waals surface area contributed by atoms with E-state index in [0.717, 1.165) is 13.2 Å². The van der Waals surface area contributed by atoms with Gasteiger partial charge in [0.25, 0.3) is 0 Å². The van der Waals surface area contributed by atoms with Crippen LogP contribution < -0.4 is 10.6 Å². The van der Waals surface area contributed by atoms with Crippen LogP contribution >= 0.6 is 0 Å². The first kappa shape index (κ1) is 12.0. The maximum absolute atomic E-state index is 5.58. The molecule has 2 rings (SSSR count). The second-order valence-electron chi connectivity index (χ2n) is 4.76. The monoisotopic (exact) mass is 231 g/mol. The summed E-state index contributed by atoms with van der Waals surface area (Å²) in [6.07, 6.45) is 4.26. The van der Waals surface area contributed by atoms with Gasteiger partial charge in [0.15, 0.2) is 0 Å². The third kappa shape index (κ3) is 2.44. The second kappa shape index (κ2) is 4.80. The van der Waals surface area contributed by atoms with Gasteiger partial charge in [-0.25, -0.2) is 0 Å². The van der Waals surface area contributed by atoms with E-state index in [1.54, 1.807) is 0 Å². The molecule has 1 aliphatic heterocycles. The molecule has 17 heavy (non-hydrogen) atoms. The van der Waals surface area contributed by atoms with Crippen LogP contribution in [0, 0.1) is 20.8 Å². The van der Waals surface area contributed by atoms with Crippen molar-refractivity contribution in [2.45, 2.75) is 20.8 Å². The van der Waals surface area contributed by atoms with Crippen molar-refractivity contribution in [3.05, 3.63) is 41.2 Å². The number of hydrogen-bond acceptors (Lipinski definition) is 3. The minimum atomic E-state index is 0.698. The zero-order valence-electron chi connectivity index (χ0n) is 10.9. The van der Waals surface area contributed by atoms with E-state index in [-0.39, 0.29) is 0 Å². The van der Waals surface area contributed by atoms with Gasteiger partial charge >= 0.3 is 0 Å². The Bertz CT molecular complexity index is 414. The predicted octanol–water partition coefficient (Wildman–Crippen LogP) is 2.12. The van der Waals surface area contributed by atoms with Gasteiger partial charge in [-0.2, -0.15) is 0 Å². The van der Waals surface area contributed by atoms with E-state index >= 15 is 0 Å². The van der Waals surface area contributed by atoms with E-state index in [2.05, 4.69) is 55.1 Å². The van der Waals surface area contributed by atoms with Gasteiger partial charge in [0.05, 0.1) is 6.67 Å². The number of nitrogens with zero attached hydrogens (tertiary/aromatic N) is 2. The molecule has 1 aliphatic rings. The summed E-state index contributed by atoms with van der Waals surface area (Å²) in [6.45, 7) is 9.01. The van der Waals surface area contributed by atoms with Crippen LogP contribution in [0.2, 0.25) is 0 Å². The first-order valence-electron chi connectivity index (χ1n) is 6.08. The molecule has 2 N–H and O–H groups in total. The first-order chi connectivity index (χ1) is 8.11. The molecule has 1 aromatic rings. The summed E-state index contributed by atoms with van der Waals surface area (Å²) in [5.41, 5.74) is 10.9. The number of nitrogens with two attached hydrogens (primary N) is 1. The molecule has 0 saturated heterocycles. The van der Waals surface area contributed by atoms with E-state index in [1.165, 1.54) is 22.4 Å². The van der Waals surface area contributed by atoms with Crippen LogP contribution in [-0.4, -0.2) is 24.7 Å². The van der Waals surface area contributed by atoms with Gasteiger partial charge in [-0.1, -0.05) is 17.7 Å². The third-order valence-electron chi connectivity index (χ3n) is 3.13. The number of aryl methyl sites for hydroxylation is 3. The minimum Gasteiger partial charge on any atom is -0.357 e. The highest BCUT2D eigenvalue weighted by Crippen LogP contribution is 2.28. The van der Waals surface area contributed by atoms with E-state index in [0.29, 0.717) is 6.54 Å². The topological polar surface area (TPSA) is 32.5 Å².